The van der Waals surface area contributed by atoms with Crippen LogP contribution in [0.5, 0.6) is 11.5 Å². The van der Waals surface area contributed by atoms with E-state index in [1.165, 1.54) is 12.1 Å². The first-order valence-electron chi connectivity index (χ1n) is 9.67. The highest BCUT2D eigenvalue weighted by atomic mass is 19.1. The van der Waals surface area contributed by atoms with Crippen molar-refractivity contribution in [3.63, 3.8) is 0 Å². The highest BCUT2D eigenvalue weighted by molar-refractivity contribution is 6.03. The zero-order valence-corrected chi connectivity index (χ0v) is 16.5. The maximum absolute atomic E-state index is 13.9. The number of anilines is 1. The van der Waals surface area contributed by atoms with Crippen LogP contribution >= 0.6 is 0 Å². The van der Waals surface area contributed by atoms with Crippen molar-refractivity contribution in [3.8, 4) is 11.5 Å². The molecule has 1 heterocycles. The maximum atomic E-state index is 13.9. The van der Waals surface area contributed by atoms with Crippen LogP contribution in [-0.4, -0.2) is 19.4 Å². The summed E-state index contributed by atoms with van der Waals surface area (Å²) in [5, 5.41) is 6.76. The van der Waals surface area contributed by atoms with Crippen LogP contribution in [0.25, 0.3) is 0 Å². The number of ether oxygens (including phenoxy) is 2. The van der Waals surface area contributed by atoms with Crippen molar-refractivity contribution < 1.29 is 13.9 Å². The molecule has 0 saturated carbocycles. The van der Waals surface area contributed by atoms with Crippen molar-refractivity contribution in [2.24, 2.45) is 5.10 Å². The Morgan fingerprint density at radius 3 is 2.38 bits per heavy atom. The van der Waals surface area contributed by atoms with E-state index >= 15 is 0 Å². The van der Waals surface area contributed by atoms with Crippen molar-refractivity contribution in [2.75, 3.05) is 18.7 Å². The third-order valence-electron chi connectivity index (χ3n) is 4.98. The number of methoxy groups -OCH3 is 1. The van der Waals surface area contributed by atoms with Gasteiger partial charge in [0.1, 0.15) is 17.3 Å². The molecule has 1 atom stereocenters. The third kappa shape index (κ3) is 4.09. The molecule has 3 aromatic rings. The van der Waals surface area contributed by atoms with Crippen molar-refractivity contribution in [1.82, 2.24) is 0 Å². The van der Waals surface area contributed by atoms with Gasteiger partial charge in [0.2, 0.25) is 0 Å². The number of hydrogen-bond acceptors (Lipinski definition) is 4. The summed E-state index contributed by atoms with van der Waals surface area (Å²) >= 11 is 0. The van der Waals surface area contributed by atoms with E-state index in [1.54, 1.807) is 13.2 Å². The molecule has 3 aromatic carbocycles. The van der Waals surface area contributed by atoms with Gasteiger partial charge in [0.25, 0.3) is 0 Å². The Labute approximate surface area is 170 Å². The molecule has 0 spiro atoms. The van der Waals surface area contributed by atoms with Gasteiger partial charge in [-0.2, -0.15) is 5.10 Å². The smallest absolute Gasteiger partial charge is 0.125 e. The summed E-state index contributed by atoms with van der Waals surface area (Å²) in [7, 11) is 1.65. The molecule has 1 aliphatic heterocycles. The minimum absolute atomic E-state index is 0.0238. The van der Waals surface area contributed by atoms with Gasteiger partial charge in [-0.3, -0.25) is 5.01 Å². The Kier molecular flexibility index (Phi) is 5.47. The first-order chi connectivity index (χ1) is 14.2. The van der Waals surface area contributed by atoms with E-state index in [0.29, 0.717) is 6.61 Å². The van der Waals surface area contributed by atoms with E-state index in [2.05, 4.69) is 0 Å². The molecule has 4 rings (SSSR count). The fourth-order valence-electron chi connectivity index (χ4n) is 3.54. The lowest BCUT2D eigenvalue weighted by molar-refractivity contribution is 0.340. The van der Waals surface area contributed by atoms with Gasteiger partial charge in [-0.1, -0.05) is 18.2 Å². The molecule has 0 saturated heterocycles. The van der Waals surface area contributed by atoms with E-state index in [9.17, 15) is 4.39 Å². The minimum Gasteiger partial charge on any atom is -0.497 e. The van der Waals surface area contributed by atoms with Crippen LogP contribution in [0.4, 0.5) is 10.1 Å². The molecule has 1 aliphatic rings. The summed E-state index contributed by atoms with van der Waals surface area (Å²) in [6, 6.07) is 22.4. The van der Waals surface area contributed by atoms with Crippen molar-refractivity contribution in [2.45, 2.75) is 19.4 Å². The van der Waals surface area contributed by atoms with Gasteiger partial charge in [0.05, 0.1) is 31.2 Å². The molecule has 4 nitrogen and oxygen atoms in total. The van der Waals surface area contributed by atoms with Crippen molar-refractivity contribution in [1.29, 1.82) is 0 Å². The van der Waals surface area contributed by atoms with Gasteiger partial charge < -0.3 is 9.47 Å². The SMILES string of the molecule is CCOc1ccc(C2=NN(c3cccc(F)c3)[C@@H](c3ccc(OC)cc3)C2)cc1. The van der Waals surface area contributed by atoms with Gasteiger partial charge in [-0.25, -0.2) is 4.39 Å². The van der Waals surface area contributed by atoms with Crippen molar-refractivity contribution >= 4 is 11.4 Å². The first-order valence-corrected chi connectivity index (χ1v) is 9.67. The van der Waals surface area contributed by atoms with E-state index in [4.69, 9.17) is 14.6 Å². The van der Waals surface area contributed by atoms with E-state index in [1.807, 2.05) is 66.5 Å². The molecule has 0 amide bonds. The number of rotatable bonds is 6. The van der Waals surface area contributed by atoms with Crippen LogP contribution in [0.15, 0.2) is 77.9 Å². The molecule has 5 heteroatoms. The molecule has 0 N–H and O–H groups in total. The molecule has 0 aromatic heterocycles. The van der Waals surface area contributed by atoms with Crippen LogP contribution in [0.1, 0.15) is 30.5 Å². The summed E-state index contributed by atoms with van der Waals surface area (Å²) in [6.45, 7) is 2.60. The topological polar surface area (TPSA) is 34.1 Å². The predicted octanol–water partition coefficient (Wildman–Crippen LogP) is 5.59. The maximum Gasteiger partial charge on any atom is 0.125 e. The Balaban J connectivity index is 1.69. The number of halogens is 1. The molecule has 148 valence electrons. The standard InChI is InChI=1S/C24H23FN2O2/c1-3-29-22-13-7-17(8-14-22)23-16-24(18-9-11-21(28-2)12-10-18)27(26-23)20-6-4-5-19(25)15-20/h4-15,24H,3,16H2,1-2H3/t24-/m1/s1. The third-order valence-corrected chi connectivity index (χ3v) is 4.98. The molecule has 0 fully saturated rings. The quantitative estimate of drug-likeness (QED) is 0.550. The lowest BCUT2D eigenvalue weighted by atomic mass is 9.98. The monoisotopic (exact) mass is 390 g/mol. The van der Waals surface area contributed by atoms with Gasteiger partial charge in [0.15, 0.2) is 0 Å². The van der Waals surface area contributed by atoms with Crippen LogP contribution in [0.3, 0.4) is 0 Å². The zero-order chi connectivity index (χ0) is 20.2. The van der Waals surface area contributed by atoms with Gasteiger partial charge in [-0.05, 0) is 72.6 Å². The van der Waals surface area contributed by atoms with Crippen molar-refractivity contribution in [3.05, 3.63) is 89.7 Å². The Hall–Kier alpha value is -3.34. The number of hydrazone groups is 1. The molecule has 0 aliphatic carbocycles. The Morgan fingerprint density at radius 2 is 1.72 bits per heavy atom. The second-order valence-corrected chi connectivity index (χ2v) is 6.82. The summed E-state index contributed by atoms with van der Waals surface area (Å²) in [4.78, 5) is 0. The molecule has 0 unspecified atom stereocenters. The highest BCUT2D eigenvalue weighted by Gasteiger charge is 2.30. The zero-order valence-electron chi connectivity index (χ0n) is 16.5. The fraction of sp³-hybridized carbons (Fsp3) is 0.208. The molecular weight excluding hydrogens is 367 g/mol. The lowest BCUT2D eigenvalue weighted by Crippen LogP contribution is -2.18. The number of benzene rings is 3. The van der Waals surface area contributed by atoms with E-state index in [-0.39, 0.29) is 11.9 Å². The molecule has 29 heavy (non-hydrogen) atoms. The highest BCUT2D eigenvalue weighted by Crippen LogP contribution is 2.37. The largest absolute Gasteiger partial charge is 0.497 e. The van der Waals surface area contributed by atoms with Gasteiger partial charge >= 0.3 is 0 Å². The summed E-state index contributed by atoms with van der Waals surface area (Å²) in [6.07, 6.45) is 0.719. The van der Waals surface area contributed by atoms with E-state index < -0.39 is 0 Å². The summed E-state index contributed by atoms with van der Waals surface area (Å²) in [5.41, 5.74) is 3.82. The second kappa shape index (κ2) is 8.35. The minimum atomic E-state index is -0.277. The number of hydrogen-bond donors (Lipinski definition) is 0. The summed E-state index contributed by atoms with van der Waals surface area (Å²) in [5.74, 6) is 1.36. The molecule has 0 bridgehead atoms. The van der Waals surface area contributed by atoms with Gasteiger partial charge in [0, 0.05) is 6.42 Å². The fourth-order valence-corrected chi connectivity index (χ4v) is 3.54. The number of nitrogens with zero attached hydrogens (tertiary/aromatic N) is 2. The second-order valence-electron chi connectivity index (χ2n) is 6.82. The van der Waals surface area contributed by atoms with Gasteiger partial charge in [-0.15, -0.1) is 0 Å². The van der Waals surface area contributed by atoms with Crippen LogP contribution in [-0.2, 0) is 0 Å². The average molecular weight is 390 g/mol. The van der Waals surface area contributed by atoms with Crippen LogP contribution < -0.4 is 14.5 Å². The first kappa shape index (κ1) is 19.0. The lowest BCUT2D eigenvalue weighted by Gasteiger charge is -2.24. The predicted molar refractivity (Wildman–Crippen MR) is 113 cm³/mol. The van der Waals surface area contributed by atoms with Crippen LogP contribution in [0.2, 0.25) is 0 Å². The normalized spacial score (nSPS) is 15.9. The van der Waals surface area contributed by atoms with Crippen LogP contribution in [0, 0.1) is 5.82 Å². The van der Waals surface area contributed by atoms with E-state index in [0.717, 1.165) is 40.4 Å². The Bertz CT molecular complexity index is 1000. The molecular formula is C24H23FN2O2. The molecule has 0 radical (unpaired) electrons. The summed E-state index contributed by atoms with van der Waals surface area (Å²) < 4.78 is 24.7. The average Bonchev–Trinajstić information content (AvgIpc) is 3.20. The Morgan fingerprint density at radius 1 is 1.00 bits per heavy atom.